The van der Waals surface area contributed by atoms with Gasteiger partial charge >= 0.3 is 11.9 Å². The number of hydrogen-bond acceptors (Lipinski definition) is 16. The molecule has 0 saturated heterocycles. The molecule has 0 aliphatic rings. The highest BCUT2D eigenvalue weighted by Gasteiger charge is 2.35. The summed E-state index contributed by atoms with van der Waals surface area (Å²) in [4.78, 5) is 141. The van der Waals surface area contributed by atoms with Crippen LogP contribution >= 0.6 is 0 Å². The number of hydrogen-bond donors (Lipinski definition) is 16. The SMILES string of the molecule is CC(C)C[C@H](NC(=O)[C@H](CO)NC(=O)[C@@H](NC(=O)[C@@H](N)CCC(=O)O)C(C)C)C(=O)N[C@@H](CC(N)=O)C(=O)N[C@@H](CO)C(=O)NCC(=O)N[C@@H](Cc1ccc(O)cc1)C(=O)N[C@@H](Cc1ccc(O)cc1)C(=O)O. The normalized spacial score (nSPS) is 14.3. The van der Waals surface area contributed by atoms with E-state index in [1.807, 2.05) is 0 Å². The van der Waals surface area contributed by atoms with E-state index in [9.17, 15) is 78.3 Å². The summed E-state index contributed by atoms with van der Waals surface area (Å²) >= 11 is 0. The van der Waals surface area contributed by atoms with Crippen molar-refractivity contribution < 1.29 is 83.4 Å². The number of aromatic hydroxyl groups is 2. The van der Waals surface area contributed by atoms with Gasteiger partial charge in [-0.3, -0.25) is 47.9 Å². The van der Waals surface area contributed by atoms with Crippen molar-refractivity contribution in [3.05, 3.63) is 59.7 Å². The molecule has 402 valence electrons. The first-order chi connectivity index (χ1) is 34.2. The Labute approximate surface area is 419 Å². The van der Waals surface area contributed by atoms with E-state index in [-0.39, 0.29) is 43.1 Å². The minimum atomic E-state index is -1.84. The molecule has 8 atom stereocenters. The number of phenolic OH excluding ortho intramolecular Hbond substituents is 2. The van der Waals surface area contributed by atoms with Gasteiger partial charge in [0.25, 0.3) is 0 Å². The van der Waals surface area contributed by atoms with Crippen molar-refractivity contribution in [1.82, 2.24) is 42.5 Å². The largest absolute Gasteiger partial charge is 0.508 e. The van der Waals surface area contributed by atoms with Crippen LogP contribution < -0.4 is 54.0 Å². The van der Waals surface area contributed by atoms with Crippen LogP contribution in [-0.4, -0.2) is 164 Å². The Morgan fingerprint density at radius 1 is 0.534 bits per heavy atom. The highest BCUT2D eigenvalue weighted by atomic mass is 16.4. The number of nitrogens with one attached hydrogen (secondary N) is 8. The second-order valence-electron chi connectivity index (χ2n) is 17.7. The molecule has 0 unspecified atom stereocenters. The topological polar surface area (TPSA) is 457 Å². The van der Waals surface area contributed by atoms with Crippen LogP contribution in [0.2, 0.25) is 0 Å². The van der Waals surface area contributed by atoms with E-state index in [0.717, 1.165) is 0 Å². The monoisotopic (exact) mass is 1030 g/mol. The third-order valence-electron chi connectivity index (χ3n) is 10.7. The van der Waals surface area contributed by atoms with Crippen LogP contribution in [0.1, 0.15) is 64.5 Å². The van der Waals surface area contributed by atoms with Crippen LogP contribution in [0.15, 0.2) is 48.5 Å². The first-order valence-electron chi connectivity index (χ1n) is 22.9. The van der Waals surface area contributed by atoms with Gasteiger partial charge in [-0.25, -0.2) is 4.79 Å². The lowest BCUT2D eigenvalue weighted by atomic mass is 10.0. The van der Waals surface area contributed by atoms with Gasteiger partial charge in [0.05, 0.1) is 32.2 Å². The van der Waals surface area contributed by atoms with E-state index < -0.39 is 152 Å². The standard InChI is InChI=1S/C46H66N10O17/c1-22(2)15-29(51-44(70)34(21-58)55-45(71)38(23(3)4)56-39(65)28(47)13-14-37(63)64)41(67)52-31(18-35(48)61)43(69)54-33(20-57)40(66)49-19-36(62)50-30(16-24-5-9-26(59)10-6-24)42(68)53-32(46(72)73)17-25-7-11-27(60)12-8-25/h5-12,22-23,28-34,38,57-60H,13-21,47H2,1-4H3,(H2,48,61)(H,49,66)(H,50,62)(H,51,70)(H,52,67)(H,53,68)(H,54,69)(H,55,71)(H,56,65)(H,63,64)(H,72,73)/t28-,29-,30-,31-,32-,33-,34-,38-/m0/s1. The average molecular weight is 1030 g/mol. The molecule has 0 fully saturated rings. The third-order valence-corrected chi connectivity index (χ3v) is 10.7. The average Bonchev–Trinajstić information content (AvgIpc) is 3.32. The maximum absolute atomic E-state index is 13.7. The number of carboxylic acids is 2. The van der Waals surface area contributed by atoms with Crippen LogP contribution in [0, 0.1) is 11.8 Å². The Morgan fingerprint density at radius 3 is 1.45 bits per heavy atom. The fourth-order valence-corrected chi connectivity index (χ4v) is 6.74. The van der Waals surface area contributed by atoms with Crippen molar-refractivity contribution in [1.29, 1.82) is 0 Å². The van der Waals surface area contributed by atoms with Crippen LogP contribution in [0.5, 0.6) is 11.5 Å². The van der Waals surface area contributed by atoms with Crippen molar-refractivity contribution in [3.8, 4) is 11.5 Å². The van der Waals surface area contributed by atoms with Crippen LogP contribution in [-0.2, 0) is 65.6 Å². The molecule has 73 heavy (non-hydrogen) atoms. The molecule has 0 spiro atoms. The lowest BCUT2D eigenvalue weighted by Gasteiger charge is -2.28. The zero-order valence-electron chi connectivity index (χ0n) is 40.6. The Kier molecular flexibility index (Phi) is 25.2. The van der Waals surface area contributed by atoms with Crippen molar-refractivity contribution >= 4 is 65.1 Å². The number of carbonyl (C=O) groups excluding carboxylic acids is 9. The fraction of sp³-hybridized carbons (Fsp3) is 0.500. The minimum absolute atomic E-state index is 0.0748. The Balaban J connectivity index is 2.18. The quantitative estimate of drug-likeness (QED) is 0.0337. The molecule has 27 heteroatoms. The number of benzene rings is 2. The van der Waals surface area contributed by atoms with Gasteiger partial charge in [-0.15, -0.1) is 0 Å². The smallest absolute Gasteiger partial charge is 0.326 e. The number of phenols is 2. The maximum Gasteiger partial charge on any atom is 0.326 e. The van der Waals surface area contributed by atoms with Crippen molar-refractivity contribution in [2.45, 2.75) is 115 Å². The minimum Gasteiger partial charge on any atom is -0.508 e. The summed E-state index contributed by atoms with van der Waals surface area (Å²) in [5.74, 6) is -13.2. The second kappa shape index (κ2) is 30.1. The molecule has 2 rings (SSSR count). The number of aliphatic hydroxyl groups excluding tert-OH is 2. The molecular weight excluding hydrogens is 965 g/mol. The number of rotatable bonds is 31. The number of carboxylic acid groups (broad SMARTS) is 2. The molecule has 0 aromatic heterocycles. The molecule has 0 aliphatic carbocycles. The molecule has 0 heterocycles. The Morgan fingerprint density at radius 2 is 0.973 bits per heavy atom. The number of primary amides is 1. The van der Waals surface area contributed by atoms with Gasteiger partial charge < -0.3 is 84.6 Å². The first-order valence-corrected chi connectivity index (χ1v) is 22.9. The number of aliphatic hydroxyl groups is 2. The van der Waals surface area contributed by atoms with E-state index >= 15 is 0 Å². The number of aliphatic carboxylic acids is 2. The number of amides is 9. The summed E-state index contributed by atoms with van der Waals surface area (Å²) in [6.45, 7) is 3.44. The van der Waals surface area contributed by atoms with Gasteiger partial charge in [-0.1, -0.05) is 52.0 Å². The predicted octanol–water partition coefficient (Wildman–Crippen LogP) is -4.77. The molecular formula is C46H66N10O17. The Hall–Kier alpha value is -7.91. The lowest BCUT2D eigenvalue weighted by Crippen LogP contribution is -2.61. The summed E-state index contributed by atoms with van der Waals surface area (Å²) in [7, 11) is 0. The van der Waals surface area contributed by atoms with Gasteiger partial charge in [0.1, 0.15) is 53.8 Å². The lowest BCUT2D eigenvalue weighted by molar-refractivity contribution is -0.142. The van der Waals surface area contributed by atoms with Gasteiger partial charge in [0.2, 0.25) is 53.2 Å². The van der Waals surface area contributed by atoms with Crippen LogP contribution in [0.25, 0.3) is 0 Å². The van der Waals surface area contributed by atoms with E-state index in [1.165, 1.54) is 48.5 Å². The van der Waals surface area contributed by atoms with Gasteiger partial charge in [0.15, 0.2) is 0 Å². The van der Waals surface area contributed by atoms with E-state index in [1.54, 1.807) is 27.7 Å². The molecule has 18 N–H and O–H groups in total. The van der Waals surface area contributed by atoms with E-state index in [0.29, 0.717) is 11.1 Å². The Bertz CT molecular complexity index is 2260. The molecule has 27 nitrogen and oxygen atoms in total. The van der Waals surface area contributed by atoms with Crippen LogP contribution in [0.4, 0.5) is 0 Å². The summed E-state index contributed by atoms with van der Waals surface area (Å²) in [6, 6.07) is -1.39. The maximum atomic E-state index is 13.7. The van der Waals surface area contributed by atoms with Gasteiger partial charge in [-0.05, 0) is 60.1 Å². The van der Waals surface area contributed by atoms with Crippen molar-refractivity contribution in [3.63, 3.8) is 0 Å². The number of nitrogens with two attached hydrogens (primary N) is 2. The molecule has 0 aliphatic heterocycles. The third kappa shape index (κ3) is 22.0. The van der Waals surface area contributed by atoms with Gasteiger partial charge in [-0.2, -0.15) is 0 Å². The van der Waals surface area contributed by atoms with Crippen molar-refractivity contribution in [2.24, 2.45) is 23.3 Å². The van der Waals surface area contributed by atoms with Crippen molar-refractivity contribution in [2.75, 3.05) is 19.8 Å². The summed E-state index contributed by atoms with van der Waals surface area (Å²) in [5, 5.41) is 76.6. The van der Waals surface area contributed by atoms with E-state index in [2.05, 4.69) is 42.5 Å². The highest BCUT2D eigenvalue weighted by molar-refractivity contribution is 5.99. The molecule has 0 radical (unpaired) electrons. The van der Waals surface area contributed by atoms with E-state index in [4.69, 9.17) is 16.6 Å². The second-order valence-corrected chi connectivity index (χ2v) is 17.7. The summed E-state index contributed by atoms with van der Waals surface area (Å²) in [5.41, 5.74) is 12.0. The highest BCUT2D eigenvalue weighted by Crippen LogP contribution is 2.14. The first kappa shape index (κ1) is 61.2. The fourth-order valence-electron chi connectivity index (χ4n) is 6.74. The molecule has 2 aromatic rings. The summed E-state index contributed by atoms with van der Waals surface area (Å²) < 4.78 is 0. The molecule has 9 amide bonds. The predicted molar refractivity (Wildman–Crippen MR) is 255 cm³/mol. The molecule has 2 aromatic carbocycles. The zero-order valence-corrected chi connectivity index (χ0v) is 40.6. The van der Waals surface area contributed by atoms with Crippen LogP contribution in [0.3, 0.4) is 0 Å². The molecule has 0 saturated carbocycles. The number of carbonyl (C=O) groups is 11. The molecule has 0 bridgehead atoms. The van der Waals surface area contributed by atoms with Gasteiger partial charge in [0, 0.05) is 19.3 Å². The zero-order chi connectivity index (χ0) is 55.1. The summed E-state index contributed by atoms with van der Waals surface area (Å²) in [6.07, 6.45) is -2.09.